The molecule has 1 atom stereocenters. The maximum absolute atomic E-state index is 12.4. The molecule has 3 heteroatoms. The van der Waals surface area contributed by atoms with E-state index in [1.807, 2.05) is 4.90 Å². The summed E-state index contributed by atoms with van der Waals surface area (Å²) in [7, 11) is 0. The van der Waals surface area contributed by atoms with Crippen molar-refractivity contribution >= 4 is 0 Å². The van der Waals surface area contributed by atoms with Crippen LogP contribution in [0, 0.1) is 5.92 Å². The van der Waals surface area contributed by atoms with Crippen molar-refractivity contribution in [3.05, 3.63) is 0 Å². The fraction of sp³-hybridized carbons (Fsp3) is 1.00. The van der Waals surface area contributed by atoms with E-state index in [-0.39, 0.29) is 0 Å². The van der Waals surface area contributed by atoms with Crippen molar-refractivity contribution in [2.75, 3.05) is 13.1 Å². The maximum atomic E-state index is 12.4. The van der Waals surface area contributed by atoms with Crippen LogP contribution in [0.25, 0.3) is 0 Å². The molecule has 0 aromatic carbocycles. The van der Waals surface area contributed by atoms with E-state index in [1.54, 1.807) is 0 Å². The van der Waals surface area contributed by atoms with Gasteiger partial charge >= 0.3 is 0 Å². The van der Waals surface area contributed by atoms with E-state index in [0.717, 1.165) is 25.4 Å². The normalized spacial score (nSPS) is 31.8. The number of hydrogen-bond donors (Lipinski definition) is 0. The highest BCUT2D eigenvalue weighted by molar-refractivity contribution is 4.86. The molecule has 0 amide bonds. The van der Waals surface area contributed by atoms with E-state index in [1.165, 1.54) is 12.8 Å². The highest BCUT2D eigenvalue weighted by Crippen LogP contribution is 2.33. The summed E-state index contributed by atoms with van der Waals surface area (Å²) >= 11 is 0. The Labute approximate surface area is 71.7 Å². The molecule has 12 heavy (non-hydrogen) atoms. The molecule has 1 saturated heterocycles. The van der Waals surface area contributed by atoms with Crippen LogP contribution in [0.1, 0.15) is 25.7 Å². The molecule has 1 nitrogen and oxygen atoms in total. The average Bonchev–Trinajstić information content (AvgIpc) is 2.66. The number of rotatable bonds is 3. The summed E-state index contributed by atoms with van der Waals surface area (Å²) in [5, 5.41) is 0. The molecule has 70 valence electrons. The van der Waals surface area contributed by atoms with Crippen LogP contribution in [0.15, 0.2) is 0 Å². The van der Waals surface area contributed by atoms with Gasteiger partial charge in [-0.25, -0.2) is 8.78 Å². The van der Waals surface area contributed by atoms with Gasteiger partial charge in [-0.1, -0.05) is 0 Å². The van der Waals surface area contributed by atoms with E-state index < -0.39 is 12.5 Å². The summed E-state index contributed by atoms with van der Waals surface area (Å²) in [5.41, 5.74) is 0. The van der Waals surface area contributed by atoms with Gasteiger partial charge in [0.2, 0.25) is 0 Å². The summed E-state index contributed by atoms with van der Waals surface area (Å²) in [5.74, 6) is 0.740. The predicted octanol–water partition coefficient (Wildman–Crippen LogP) is 2.13. The smallest absolute Gasteiger partial charge is 0.253 e. The predicted molar refractivity (Wildman–Crippen MR) is 43.3 cm³/mol. The van der Waals surface area contributed by atoms with Gasteiger partial charge in [0, 0.05) is 6.54 Å². The van der Waals surface area contributed by atoms with Crippen LogP contribution in [0.5, 0.6) is 0 Å². The lowest BCUT2D eigenvalue weighted by Crippen LogP contribution is -2.36. The van der Waals surface area contributed by atoms with Gasteiger partial charge in [0.1, 0.15) is 0 Å². The zero-order valence-electron chi connectivity index (χ0n) is 7.18. The van der Waals surface area contributed by atoms with Gasteiger partial charge in [0.15, 0.2) is 0 Å². The minimum Gasteiger partial charge on any atom is -0.295 e. The van der Waals surface area contributed by atoms with Crippen LogP contribution < -0.4 is 0 Å². The summed E-state index contributed by atoms with van der Waals surface area (Å²) < 4.78 is 24.8. The molecular weight excluding hydrogens is 160 g/mol. The first-order valence-corrected chi connectivity index (χ1v) is 4.79. The third kappa shape index (κ3) is 1.76. The minimum absolute atomic E-state index is 0.425. The van der Waals surface area contributed by atoms with E-state index in [2.05, 4.69) is 0 Å². The summed E-state index contributed by atoms with van der Waals surface area (Å²) in [6.45, 7) is 1.82. The number of alkyl halides is 2. The van der Waals surface area contributed by atoms with Crippen LogP contribution in [0.3, 0.4) is 0 Å². The maximum Gasteiger partial charge on any atom is 0.253 e. The molecule has 0 N–H and O–H groups in total. The first kappa shape index (κ1) is 8.42. The summed E-state index contributed by atoms with van der Waals surface area (Å²) in [4.78, 5) is 1.99. The van der Waals surface area contributed by atoms with Crippen molar-refractivity contribution in [1.29, 1.82) is 0 Å². The molecule has 2 fully saturated rings. The lowest BCUT2D eigenvalue weighted by Gasteiger charge is -2.23. The van der Waals surface area contributed by atoms with Crippen molar-refractivity contribution in [2.24, 2.45) is 5.92 Å². The van der Waals surface area contributed by atoms with Gasteiger partial charge in [0.25, 0.3) is 6.43 Å². The number of likely N-dealkylation sites (tertiary alicyclic amines) is 1. The number of nitrogens with zero attached hydrogens (tertiary/aromatic N) is 1. The van der Waals surface area contributed by atoms with Gasteiger partial charge in [-0.2, -0.15) is 0 Å². The molecule has 0 unspecified atom stereocenters. The lowest BCUT2D eigenvalue weighted by atomic mass is 10.2. The molecule has 2 rings (SSSR count). The van der Waals surface area contributed by atoms with Gasteiger partial charge in [-0.3, -0.25) is 4.90 Å². The molecule has 0 bridgehead atoms. The van der Waals surface area contributed by atoms with Gasteiger partial charge < -0.3 is 0 Å². The third-order valence-electron chi connectivity index (χ3n) is 2.89. The summed E-state index contributed by atoms with van der Waals surface area (Å²) in [6, 6.07) is -0.425. The quantitative estimate of drug-likeness (QED) is 0.635. The Balaban J connectivity index is 1.84. The average molecular weight is 175 g/mol. The Kier molecular flexibility index (Phi) is 2.31. The Hall–Kier alpha value is -0.180. The topological polar surface area (TPSA) is 3.24 Å². The first-order chi connectivity index (χ1) is 5.77. The molecule has 2 aliphatic rings. The molecule has 1 aliphatic heterocycles. The first-order valence-electron chi connectivity index (χ1n) is 4.79. The van der Waals surface area contributed by atoms with E-state index >= 15 is 0 Å². The van der Waals surface area contributed by atoms with Crippen molar-refractivity contribution in [3.63, 3.8) is 0 Å². The standard InChI is InChI=1S/C9H15F2N/c10-9(11)8-2-1-5-12(8)6-7-3-4-7/h7-9H,1-6H2/t8-/m1/s1. The van der Waals surface area contributed by atoms with Crippen LogP contribution in [-0.4, -0.2) is 30.5 Å². The van der Waals surface area contributed by atoms with Gasteiger partial charge in [-0.15, -0.1) is 0 Å². The zero-order chi connectivity index (χ0) is 8.55. The largest absolute Gasteiger partial charge is 0.295 e. The van der Waals surface area contributed by atoms with E-state index in [0.29, 0.717) is 6.42 Å². The van der Waals surface area contributed by atoms with Crippen LogP contribution in [0.2, 0.25) is 0 Å². The molecule has 1 heterocycles. The second kappa shape index (κ2) is 3.29. The Morgan fingerprint density at radius 3 is 2.58 bits per heavy atom. The minimum atomic E-state index is -2.13. The molecule has 0 radical (unpaired) electrons. The number of hydrogen-bond acceptors (Lipinski definition) is 1. The highest BCUT2D eigenvalue weighted by atomic mass is 19.3. The Morgan fingerprint density at radius 2 is 2.00 bits per heavy atom. The lowest BCUT2D eigenvalue weighted by molar-refractivity contribution is 0.0455. The molecular formula is C9H15F2N. The molecule has 0 spiro atoms. The zero-order valence-corrected chi connectivity index (χ0v) is 7.18. The van der Waals surface area contributed by atoms with Crippen molar-refractivity contribution in [3.8, 4) is 0 Å². The van der Waals surface area contributed by atoms with Crippen LogP contribution >= 0.6 is 0 Å². The number of halogens is 2. The fourth-order valence-corrected chi connectivity index (χ4v) is 2.00. The highest BCUT2D eigenvalue weighted by Gasteiger charge is 2.35. The van der Waals surface area contributed by atoms with E-state index in [9.17, 15) is 8.78 Å². The summed E-state index contributed by atoms with van der Waals surface area (Å²) in [6.07, 6.45) is 2.04. The SMILES string of the molecule is FC(F)[C@H]1CCCN1CC1CC1. The third-order valence-corrected chi connectivity index (χ3v) is 2.89. The van der Waals surface area contributed by atoms with E-state index in [4.69, 9.17) is 0 Å². The Morgan fingerprint density at radius 1 is 1.25 bits per heavy atom. The fourth-order valence-electron chi connectivity index (χ4n) is 2.00. The monoisotopic (exact) mass is 175 g/mol. The van der Waals surface area contributed by atoms with Crippen LogP contribution in [-0.2, 0) is 0 Å². The van der Waals surface area contributed by atoms with Crippen LogP contribution in [0.4, 0.5) is 8.78 Å². The molecule has 1 aliphatic carbocycles. The van der Waals surface area contributed by atoms with Gasteiger partial charge in [-0.05, 0) is 38.1 Å². The molecule has 0 aromatic rings. The Bertz CT molecular complexity index is 157. The van der Waals surface area contributed by atoms with Crippen molar-refractivity contribution in [2.45, 2.75) is 38.2 Å². The molecule has 1 saturated carbocycles. The second-order valence-corrected chi connectivity index (χ2v) is 3.98. The second-order valence-electron chi connectivity index (χ2n) is 3.98. The van der Waals surface area contributed by atoms with Crippen molar-refractivity contribution < 1.29 is 8.78 Å². The molecule has 0 aromatic heterocycles. The van der Waals surface area contributed by atoms with Crippen molar-refractivity contribution in [1.82, 2.24) is 4.90 Å². The van der Waals surface area contributed by atoms with Gasteiger partial charge in [0.05, 0.1) is 6.04 Å².